The Kier molecular flexibility index (Phi) is 6.40. The van der Waals surface area contributed by atoms with Crippen molar-refractivity contribution in [2.75, 3.05) is 20.2 Å². The number of carboxylic acid groups (broad SMARTS) is 1. The Morgan fingerprint density at radius 1 is 1.36 bits per heavy atom. The number of hydrogen-bond donors (Lipinski definition) is 2. The number of carbonyl (C=O) groups excluding carboxylic acids is 1. The Balaban J connectivity index is 1.89. The van der Waals surface area contributed by atoms with Gasteiger partial charge in [0.2, 0.25) is 0 Å². The summed E-state index contributed by atoms with van der Waals surface area (Å²) < 4.78 is 5.08. The number of benzene rings is 1. The molecule has 1 saturated heterocycles. The summed E-state index contributed by atoms with van der Waals surface area (Å²) in [5.74, 6) is -0.850. The van der Waals surface area contributed by atoms with E-state index in [-0.39, 0.29) is 11.5 Å². The van der Waals surface area contributed by atoms with Crippen LogP contribution in [0.3, 0.4) is 0 Å². The molecule has 0 unspecified atom stereocenters. The van der Waals surface area contributed by atoms with E-state index in [0.29, 0.717) is 32.5 Å². The van der Waals surface area contributed by atoms with E-state index in [1.54, 1.807) is 19.2 Å². The number of carboxylic acids is 1. The van der Waals surface area contributed by atoms with Gasteiger partial charge in [0.15, 0.2) is 0 Å². The number of rotatable bonds is 6. The molecule has 0 aliphatic carbocycles. The fraction of sp³-hybridized carbons (Fsp3) is 0.389. The summed E-state index contributed by atoms with van der Waals surface area (Å²) in [4.78, 5) is 24.9. The molecule has 0 atom stereocenters. The van der Waals surface area contributed by atoms with Gasteiger partial charge in [0.25, 0.3) is 5.91 Å². The van der Waals surface area contributed by atoms with Crippen molar-refractivity contribution in [2.24, 2.45) is 5.92 Å². The Hall–Kier alpha value is -3.01. The van der Waals surface area contributed by atoms with Gasteiger partial charge in [0.05, 0.1) is 13.0 Å². The second kappa shape index (κ2) is 8.73. The van der Waals surface area contributed by atoms with Crippen LogP contribution in [0.1, 0.15) is 18.4 Å². The smallest absolute Gasteiger partial charge is 0.306 e. The zero-order chi connectivity index (χ0) is 18.2. The Morgan fingerprint density at radius 3 is 2.52 bits per heavy atom. The first-order valence-electron chi connectivity index (χ1n) is 8.03. The molecule has 0 saturated carbocycles. The highest BCUT2D eigenvalue weighted by molar-refractivity contribution is 5.97. The molecule has 25 heavy (non-hydrogen) atoms. The molecule has 1 aliphatic rings. The van der Waals surface area contributed by atoms with Crippen LogP contribution in [0.4, 0.5) is 0 Å². The highest BCUT2D eigenvalue weighted by Crippen LogP contribution is 2.18. The van der Waals surface area contributed by atoms with Crippen molar-refractivity contribution in [3.8, 4) is 11.8 Å². The first-order chi connectivity index (χ1) is 12.0. The van der Waals surface area contributed by atoms with Gasteiger partial charge in [-0.25, -0.2) is 0 Å². The summed E-state index contributed by atoms with van der Waals surface area (Å²) in [6.45, 7) is 1.35. The number of nitrogens with one attached hydrogen (secondary N) is 1. The van der Waals surface area contributed by atoms with Gasteiger partial charge < -0.3 is 20.1 Å². The zero-order valence-corrected chi connectivity index (χ0v) is 14.1. The maximum absolute atomic E-state index is 12.2. The number of ether oxygens (including phenoxy) is 1. The molecule has 0 aromatic heterocycles. The van der Waals surface area contributed by atoms with Crippen molar-refractivity contribution >= 4 is 11.9 Å². The van der Waals surface area contributed by atoms with E-state index in [2.05, 4.69) is 5.32 Å². The third-order valence-electron chi connectivity index (χ3n) is 4.17. The van der Waals surface area contributed by atoms with Crippen molar-refractivity contribution in [1.29, 1.82) is 5.26 Å². The van der Waals surface area contributed by atoms with E-state index in [0.717, 1.165) is 11.3 Å². The molecule has 1 fully saturated rings. The third-order valence-corrected chi connectivity index (χ3v) is 4.17. The predicted octanol–water partition coefficient (Wildman–Crippen LogP) is 1.52. The molecule has 2 N–H and O–H groups in total. The molecular formula is C18H21N3O4. The second-order valence-electron chi connectivity index (χ2n) is 5.83. The van der Waals surface area contributed by atoms with Crippen molar-refractivity contribution in [1.82, 2.24) is 10.2 Å². The molecule has 132 valence electrons. The summed E-state index contributed by atoms with van der Waals surface area (Å²) in [5.41, 5.74) is 0.913. The van der Waals surface area contributed by atoms with E-state index in [9.17, 15) is 14.9 Å². The van der Waals surface area contributed by atoms with Crippen molar-refractivity contribution in [2.45, 2.75) is 19.4 Å². The topological polar surface area (TPSA) is 103 Å². The fourth-order valence-electron chi connectivity index (χ4n) is 2.62. The quantitative estimate of drug-likeness (QED) is 0.600. The minimum absolute atomic E-state index is 0.0160. The molecule has 0 radical (unpaired) electrons. The van der Waals surface area contributed by atoms with Crippen LogP contribution in [-0.4, -0.2) is 42.1 Å². The van der Waals surface area contributed by atoms with Gasteiger partial charge in [-0.05, 0) is 30.5 Å². The molecule has 1 aliphatic heterocycles. The lowest BCUT2D eigenvalue weighted by molar-refractivity contribution is -0.143. The summed E-state index contributed by atoms with van der Waals surface area (Å²) >= 11 is 0. The maximum Gasteiger partial charge on any atom is 0.306 e. The molecule has 1 heterocycles. The lowest BCUT2D eigenvalue weighted by atomic mass is 9.97. The van der Waals surface area contributed by atoms with Crippen molar-refractivity contribution < 1.29 is 19.4 Å². The monoisotopic (exact) mass is 343 g/mol. The molecule has 1 aromatic rings. The van der Waals surface area contributed by atoms with Crippen LogP contribution in [0.25, 0.3) is 0 Å². The summed E-state index contributed by atoms with van der Waals surface area (Å²) in [5, 5.41) is 20.9. The molecule has 0 bridgehead atoms. The summed E-state index contributed by atoms with van der Waals surface area (Å²) in [6, 6.07) is 9.19. The number of piperidine rings is 1. The standard InChI is InChI=1S/C18H21N3O4/c1-25-16-4-2-13(3-5-16)11-20-17(22)15(10-19)12-21-8-6-14(7-9-21)18(23)24/h2-5,12,14H,6-9,11H2,1H3,(H,20,22)(H,23,24)/b15-12+. The minimum atomic E-state index is -0.790. The zero-order valence-electron chi connectivity index (χ0n) is 14.1. The SMILES string of the molecule is COc1ccc(CNC(=O)/C(C#N)=C/N2CCC(C(=O)O)CC2)cc1. The van der Waals surface area contributed by atoms with E-state index < -0.39 is 11.9 Å². The minimum Gasteiger partial charge on any atom is -0.497 e. The lowest BCUT2D eigenvalue weighted by Gasteiger charge is -2.29. The van der Waals surface area contributed by atoms with E-state index in [1.165, 1.54) is 6.20 Å². The van der Waals surface area contributed by atoms with Crippen LogP contribution in [0.5, 0.6) is 5.75 Å². The van der Waals surface area contributed by atoms with Crippen LogP contribution in [-0.2, 0) is 16.1 Å². The molecule has 0 spiro atoms. The van der Waals surface area contributed by atoms with Gasteiger partial charge in [0.1, 0.15) is 17.4 Å². The number of amides is 1. The molecule has 7 nitrogen and oxygen atoms in total. The lowest BCUT2D eigenvalue weighted by Crippen LogP contribution is -2.34. The molecule has 2 rings (SSSR count). The summed E-state index contributed by atoms with van der Waals surface area (Å²) in [7, 11) is 1.58. The average Bonchev–Trinajstić information content (AvgIpc) is 2.64. The number of hydrogen-bond acceptors (Lipinski definition) is 5. The molecular weight excluding hydrogens is 322 g/mol. The van der Waals surface area contributed by atoms with Gasteiger partial charge in [-0.3, -0.25) is 9.59 Å². The van der Waals surface area contributed by atoms with E-state index in [4.69, 9.17) is 9.84 Å². The largest absolute Gasteiger partial charge is 0.497 e. The Labute approximate surface area is 146 Å². The van der Waals surface area contributed by atoms with Crippen LogP contribution >= 0.6 is 0 Å². The molecule has 1 aromatic carbocycles. The van der Waals surface area contributed by atoms with Gasteiger partial charge in [-0.1, -0.05) is 12.1 Å². The normalized spacial score (nSPS) is 15.4. The van der Waals surface area contributed by atoms with Crippen LogP contribution in [0.2, 0.25) is 0 Å². The maximum atomic E-state index is 12.2. The van der Waals surface area contributed by atoms with Crippen molar-refractivity contribution in [3.05, 3.63) is 41.6 Å². The molecule has 7 heteroatoms. The van der Waals surface area contributed by atoms with Crippen LogP contribution in [0.15, 0.2) is 36.0 Å². The van der Waals surface area contributed by atoms with E-state index in [1.807, 2.05) is 23.1 Å². The second-order valence-corrected chi connectivity index (χ2v) is 5.83. The van der Waals surface area contributed by atoms with E-state index >= 15 is 0 Å². The number of nitrogens with zero attached hydrogens (tertiary/aromatic N) is 2. The first kappa shape index (κ1) is 18.3. The number of methoxy groups -OCH3 is 1. The number of likely N-dealkylation sites (tertiary alicyclic amines) is 1. The average molecular weight is 343 g/mol. The number of carbonyl (C=O) groups is 2. The van der Waals surface area contributed by atoms with Gasteiger partial charge in [-0.2, -0.15) is 5.26 Å². The third kappa shape index (κ3) is 5.24. The van der Waals surface area contributed by atoms with Gasteiger partial charge >= 0.3 is 5.97 Å². The van der Waals surface area contributed by atoms with Crippen LogP contribution < -0.4 is 10.1 Å². The number of aliphatic carboxylic acids is 1. The Morgan fingerprint density at radius 2 is 2.00 bits per heavy atom. The first-order valence-corrected chi connectivity index (χ1v) is 8.03. The van der Waals surface area contributed by atoms with Crippen LogP contribution in [0, 0.1) is 17.2 Å². The fourth-order valence-corrected chi connectivity index (χ4v) is 2.62. The highest BCUT2D eigenvalue weighted by Gasteiger charge is 2.23. The summed E-state index contributed by atoms with van der Waals surface area (Å²) in [6.07, 6.45) is 2.54. The Bertz CT molecular complexity index is 683. The predicted molar refractivity (Wildman–Crippen MR) is 90.5 cm³/mol. The number of nitriles is 1. The van der Waals surface area contributed by atoms with Gasteiger partial charge in [0, 0.05) is 25.8 Å². The highest BCUT2D eigenvalue weighted by atomic mass is 16.5. The molecule has 1 amide bonds. The van der Waals surface area contributed by atoms with Crippen molar-refractivity contribution in [3.63, 3.8) is 0 Å². The van der Waals surface area contributed by atoms with Gasteiger partial charge in [-0.15, -0.1) is 0 Å².